The van der Waals surface area contributed by atoms with Crippen LogP contribution in [0.5, 0.6) is 0 Å². The lowest BCUT2D eigenvalue weighted by Gasteiger charge is -2.51. The number of rotatable bonds is 4. The predicted octanol–water partition coefficient (Wildman–Crippen LogP) is 8.02. The third kappa shape index (κ3) is 4.81. The molecule has 2 nitrogen and oxygen atoms in total. The second-order valence-corrected chi connectivity index (χ2v) is 21.6. The van der Waals surface area contributed by atoms with E-state index in [-0.39, 0.29) is 24.3 Å². The number of aryl methyl sites for hydroxylation is 2. The Morgan fingerprint density at radius 2 is 0.852 bits per heavy atom. The van der Waals surface area contributed by atoms with Crippen molar-refractivity contribution in [2.24, 2.45) is 0 Å². The molecule has 12 rings (SSSR count). The zero-order chi connectivity index (χ0) is 41.6. The molecule has 0 radical (unpaired) electrons. The summed E-state index contributed by atoms with van der Waals surface area (Å²) in [6.45, 7) is 14.4. The van der Waals surface area contributed by atoms with E-state index in [0.29, 0.717) is 0 Å². The van der Waals surface area contributed by atoms with E-state index in [1.54, 1.807) is 0 Å². The quantitative estimate of drug-likeness (QED) is 0.133. The number of nitrogens with zero attached hydrogens (tertiary/aromatic N) is 1. The van der Waals surface area contributed by atoms with E-state index in [9.17, 15) is 0 Å². The van der Waals surface area contributed by atoms with Crippen LogP contribution in [0.3, 0.4) is 0 Å². The summed E-state index contributed by atoms with van der Waals surface area (Å²) in [6.07, 6.45) is 0. The number of fused-ring (bicyclic) bond motifs is 8. The van der Waals surface area contributed by atoms with Gasteiger partial charge in [-0.3, -0.25) is 0 Å². The van der Waals surface area contributed by atoms with Gasteiger partial charge in [-0.15, -0.1) is 0 Å². The van der Waals surface area contributed by atoms with Crippen LogP contribution in [0.1, 0.15) is 61.1 Å². The third-order valence-corrected chi connectivity index (χ3v) is 18.0. The first-order valence-corrected chi connectivity index (χ1v) is 23.5. The molecule has 61 heavy (non-hydrogen) atoms. The second kappa shape index (κ2) is 12.7. The van der Waals surface area contributed by atoms with Crippen LogP contribution in [-0.4, -0.2) is 13.4 Å². The Morgan fingerprint density at radius 1 is 0.443 bits per heavy atom. The maximum atomic E-state index is 15.5. The Bertz CT molecular complexity index is 3020. The normalized spacial score (nSPS) is 15.6. The molecule has 0 bridgehead atoms. The van der Waals surface area contributed by atoms with E-state index >= 15 is 4.57 Å². The van der Waals surface area contributed by atoms with Crippen LogP contribution < -0.4 is 53.6 Å². The summed E-state index contributed by atoms with van der Waals surface area (Å²) in [5.41, 5.74) is 22.7. The molecule has 0 unspecified atom stereocenters. The molecule has 5 heteroatoms. The Labute approximate surface area is 360 Å². The van der Waals surface area contributed by atoms with Crippen LogP contribution in [0.4, 0.5) is 17.1 Å². The maximum absolute atomic E-state index is 15.5. The van der Waals surface area contributed by atoms with E-state index in [1.165, 1.54) is 88.8 Å². The topological polar surface area (TPSA) is 20.3 Å². The van der Waals surface area contributed by atoms with E-state index < -0.39 is 7.14 Å². The fourth-order valence-corrected chi connectivity index (χ4v) is 15.1. The van der Waals surface area contributed by atoms with Gasteiger partial charge < -0.3 is 9.46 Å². The van der Waals surface area contributed by atoms with Crippen molar-refractivity contribution in [3.05, 3.63) is 203 Å². The first-order chi connectivity index (χ1) is 29.5. The van der Waals surface area contributed by atoms with Crippen molar-refractivity contribution in [2.45, 2.75) is 52.4 Å². The van der Waals surface area contributed by atoms with Crippen LogP contribution in [0, 0.1) is 13.8 Å². The van der Waals surface area contributed by atoms with Crippen molar-refractivity contribution in [3.63, 3.8) is 0 Å². The highest BCUT2D eigenvalue weighted by molar-refractivity contribution is 7.85. The smallest absolute Gasteiger partial charge is 0.247 e. The highest BCUT2D eigenvalue weighted by atomic mass is 31.2. The predicted molar refractivity (Wildman–Crippen MR) is 262 cm³/mol. The van der Waals surface area contributed by atoms with Crippen LogP contribution in [-0.2, 0) is 15.4 Å². The minimum atomic E-state index is -3.13. The average molecular weight is 802 g/mol. The number of hydrogen-bond acceptors (Lipinski definition) is 2. The van der Waals surface area contributed by atoms with Crippen molar-refractivity contribution in [1.29, 1.82) is 0 Å². The molecule has 0 aliphatic carbocycles. The molecule has 4 heterocycles. The first kappa shape index (κ1) is 36.7. The van der Waals surface area contributed by atoms with Gasteiger partial charge in [-0.05, 0) is 92.3 Å². The molecule has 4 aliphatic rings. The Balaban J connectivity index is 1.16. The molecule has 0 fully saturated rings. The van der Waals surface area contributed by atoms with Crippen LogP contribution >= 0.6 is 7.14 Å². The minimum Gasteiger partial charge on any atom is -0.313 e. The number of anilines is 3. The molecule has 0 saturated carbocycles. The summed E-state index contributed by atoms with van der Waals surface area (Å²) in [4.78, 5) is 2.66. The van der Waals surface area contributed by atoms with Crippen LogP contribution in [0.2, 0.25) is 0 Å². The summed E-state index contributed by atoms with van der Waals surface area (Å²) in [7, 11) is -3.13. The van der Waals surface area contributed by atoms with Gasteiger partial charge in [-0.1, -0.05) is 196 Å². The Morgan fingerprint density at radius 3 is 1.31 bits per heavy atom. The van der Waals surface area contributed by atoms with Gasteiger partial charge in [0.25, 0.3) is 0 Å². The van der Waals surface area contributed by atoms with Gasteiger partial charge in [0.2, 0.25) is 13.4 Å². The summed E-state index contributed by atoms with van der Waals surface area (Å²) < 4.78 is 15.5. The Hall–Kier alpha value is -6.08. The zero-order valence-electron chi connectivity index (χ0n) is 35.6. The molecule has 0 N–H and O–H groups in total. The van der Waals surface area contributed by atoms with Gasteiger partial charge in [-0.25, -0.2) is 0 Å². The Kier molecular flexibility index (Phi) is 7.67. The van der Waals surface area contributed by atoms with Crippen molar-refractivity contribution in [1.82, 2.24) is 0 Å². The molecule has 8 aromatic rings. The summed E-state index contributed by atoms with van der Waals surface area (Å²) in [5.74, 6) is 0. The summed E-state index contributed by atoms with van der Waals surface area (Å²) in [5, 5.41) is 2.54. The van der Waals surface area contributed by atoms with Crippen molar-refractivity contribution >= 4 is 86.3 Å². The highest BCUT2D eigenvalue weighted by Gasteiger charge is 2.52. The van der Waals surface area contributed by atoms with Gasteiger partial charge in [0.1, 0.15) is 0 Å². The van der Waals surface area contributed by atoms with Crippen molar-refractivity contribution < 1.29 is 4.57 Å². The first-order valence-electron chi connectivity index (χ1n) is 21.8. The van der Waals surface area contributed by atoms with E-state index in [1.807, 2.05) is 60.7 Å². The lowest BCUT2D eigenvalue weighted by atomic mass is 9.26. The summed E-state index contributed by atoms with van der Waals surface area (Å²) >= 11 is 0. The standard InChI is InChI=1S/C56H46B2NOP/c1-35-25-31-48-52-50(35)55(3,4)42-21-13-15-23-44(42)57(52)46-33-38(37-27-29-41(30-28-37)61(60,39-17-9-7-10-18-39)40-19-11-8-12-20-40)34-47-54(46)59(48)49-32-26-36(2)51-53(49)58(47)45-24-16-14-22-43(45)56(51,5)6/h7-34H,1-6H3. The molecular formula is C56H46B2NOP. The fourth-order valence-electron chi connectivity index (χ4n) is 12.4. The molecule has 0 spiro atoms. The van der Waals surface area contributed by atoms with E-state index in [4.69, 9.17) is 0 Å². The van der Waals surface area contributed by atoms with Crippen molar-refractivity contribution in [2.75, 3.05) is 4.90 Å². The number of hydrogen-bond donors (Lipinski definition) is 0. The number of benzene rings is 8. The fraction of sp³-hybridized carbons (Fsp3) is 0.143. The van der Waals surface area contributed by atoms with Crippen molar-refractivity contribution in [3.8, 4) is 11.1 Å². The molecule has 0 aromatic heterocycles. The van der Waals surface area contributed by atoms with Gasteiger partial charge >= 0.3 is 0 Å². The lowest BCUT2D eigenvalue weighted by Crippen LogP contribution is -2.70. The highest BCUT2D eigenvalue weighted by Crippen LogP contribution is 2.48. The second-order valence-electron chi connectivity index (χ2n) is 18.8. The molecule has 0 saturated heterocycles. The molecule has 0 atom stereocenters. The summed E-state index contributed by atoms with van der Waals surface area (Å²) in [6, 6.07) is 61.7. The monoisotopic (exact) mass is 801 g/mol. The van der Waals surface area contributed by atoms with Crippen LogP contribution in [0.15, 0.2) is 170 Å². The largest absolute Gasteiger partial charge is 0.313 e. The minimum absolute atomic E-state index is 0.0662. The van der Waals surface area contributed by atoms with Gasteiger partial charge in [0.05, 0.1) is 0 Å². The molecule has 0 amide bonds. The van der Waals surface area contributed by atoms with Crippen LogP contribution in [0.25, 0.3) is 11.1 Å². The lowest BCUT2D eigenvalue weighted by molar-refractivity contribution is 0.592. The maximum Gasteiger partial charge on any atom is 0.247 e. The average Bonchev–Trinajstić information content (AvgIpc) is 3.28. The SMILES string of the molecule is Cc1ccc2c3c1C(C)(C)c1ccccc1B3c1cc(-c3ccc(P(=O)(c4ccccc4)c4ccccc4)cc3)cc3c1N2c1ccc(C)c2c1B3c1ccccc1C2(C)C. The molecular weight excluding hydrogens is 755 g/mol. The zero-order valence-corrected chi connectivity index (χ0v) is 36.5. The van der Waals surface area contributed by atoms with E-state index in [2.05, 4.69) is 156 Å². The molecule has 8 aromatic carbocycles. The molecule has 292 valence electrons. The molecule has 4 aliphatic heterocycles. The van der Waals surface area contributed by atoms with Gasteiger partial charge in [0, 0.05) is 43.8 Å². The van der Waals surface area contributed by atoms with Gasteiger partial charge in [0.15, 0.2) is 7.14 Å². The van der Waals surface area contributed by atoms with E-state index in [0.717, 1.165) is 21.5 Å². The third-order valence-electron chi connectivity index (χ3n) is 14.9. The van der Waals surface area contributed by atoms with Gasteiger partial charge in [-0.2, -0.15) is 0 Å².